The minimum Gasteiger partial charge on any atom is -0.466 e. The third kappa shape index (κ3) is 2.73. The number of hydrogen-bond acceptors (Lipinski definition) is 3. The molecule has 0 unspecified atom stereocenters. The van der Waals surface area contributed by atoms with Gasteiger partial charge in [-0.25, -0.2) is 0 Å². The number of aromatic amines is 1. The Bertz CT molecular complexity index is 633. The summed E-state index contributed by atoms with van der Waals surface area (Å²) in [4.78, 5) is 14.4. The van der Waals surface area contributed by atoms with Crippen LogP contribution in [0.5, 0.6) is 0 Å². The first-order valence-corrected chi connectivity index (χ1v) is 6.44. The Hall–Kier alpha value is -1.33. The monoisotopic (exact) mass is 284 g/mol. The van der Waals surface area contributed by atoms with Gasteiger partial charge in [0.2, 0.25) is 0 Å². The summed E-state index contributed by atoms with van der Waals surface area (Å²) in [6.45, 7) is 2.68. The molecule has 0 aliphatic carbocycles. The summed E-state index contributed by atoms with van der Waals surface area (Å²) in [5.41, 5.74) is 1.81. The summed E-state index contributed by atoms with van der Waals surface area (Å²) in [5, 5.41) is 0.649. The van der Waals surface area contributed by atoms with E-state index in [0.717, 1.165) is 11.0 Å². The van der Waals surface area contributed by atoms with Gasteiger partial charge in [0.1, 0.15) is 0 Å². The molecule has 1 heterocycles. The Morgan fingerprint density at radius 1 is 1.56 bits per heavy atom. The number of carbonyl (C=O) groups excluding carboxylic acids is 1. The first-order valence-electron chi connectivity index (χ1n) is 5.65. The Labute approximate surface area is 115 Å². The van der Waals surface area contributed by atoms with Gasteiger partial charge >= 0.3 is 5.97 Å². The molecule has 0 fully saturated rings. The number of aryl methyl sites for hydroxylation is 1. The molecule has 0 radical (unpaired) electrons. The minimum absolute atomic E-state index is 0.220. The standard InChI is InChI=1S/C12H13ClN2O2S/c1-2-17-11(16)5-6-15-10-4-3-8(13)7-9(10)14-12(15)18/h3-4,7H,2,5-6H2,1H3,(H,14,18). The Morgan fingerprint density at radius 2 is 2.33 bits per heavy atom. The van der Waals surface area contributed by atoms with Crippen molar-refractivity contribution >= 4 is 40.8 Å². The summed E-state index contributed by atoms with van der Waals surface area (Å²) in [5.74, 6) is -0.220. The zero-order valence-corrected chi connectivity index (χ0v) is 11.5. The summed E-state index contributed by atoms with van der Waals surface area (Å²) in [7, 11) is 0. The molecule has 2 rings (SSSR count). The topological polar surface area (TPSA) is 47.0 Å². The van der Waals surface area contributed by atoms with E-state index in [2.05, 4.69) is 4.98 Å². The van der Waals surface area contributed by atoms with Gasteiger partial charge in [-0.3, -0.25) is 4.79 Å². The van der Waals surface area contributed by atoms with Crippen LogP contribution in [0.15, 0.2) is 18.2 Å². The van der Waals surface area contributed by atoms with Gasteiger partial charge < -0.3 is 14.3 Å². The van der Waals surface area contributed by atoms with Gasteiger partial charge in [0.25, 0.3) is 0 Å². The number of halogens is 1. The highest BCUT2D eigenvalue weighted by Crippen LogP contribution is 2.19. The number of ether oxygens (including phenoxy) is 1. The average Bonchev–Trinajstić information content (AvgIpc) is 2.61. The van der Waals surface area contributed by atoms with Crippen LogP contribution in [0.2, 0.25) is 5.02 Å². The van der Waals surface area contributed by atoms with Crippen LogP contribution in [0.1, 0.15) is 13.3 Å². The summed E-state index contributed by atoms with van der Waals surface area (Å²) in [6, 6.07) is 5.50. The molecule has 1 aromatic carbocycles. The molecular weight excluding hydrogens is 272 g/mol. The maximum Gasteiger partial charge on any atom is 0.307 e. The van der Waals surface area contributed by atoms with Crippen molar-refractivity contribution in [2.24, 2.45) is 0 Å². The van der Waals surface area contributed by atoms with Crippen molar-refractivity contribution in [2.75, 3.05) is 6.61 Å². The lowest BCUT2D eigenvalue weighted by atomic mass is 10.3. The number of hydrogen-bond donors (Lipinski definition) is 1. The van der Waals surface area contributed by atoms with E-state index in [-0.39, 0.29) is 5.97 Å². The maximum absolute atomic E-state index is 11.3. The number of aromatic nitrogens is 2. The zero-order valence-electron chi connectivity index (χ0n) is 9.90. The zero-order chi connectivity index (χ0) is 13.1. The minimum atomic E-state index is -0.220. The number of nitrogens with one attached hydrogen (secondary N) is 1. The van der Waals surface area contributed by atoms with E-state index in [1.54, 1.807) is 13.0 Å². The highest BCUT2D eigenvalue weighted by Gasteiger charge is 2.07. The van der Waals surface area contributed by atoms with Gasteiger partial charge in [-0.2, -0.15) is 0 Å². The van der Waals surface area contributed by atoms with Crippen LogP contribution in [0.3, 0.4) is 0 Å². The van der Waals surface area contributed by atoms with E-state index in [1.165, 1.54) is 0 Å². The first kappa shape index (κ1) is 13.1. The molecule has 0 spiro atoms. The fourth-order valence-corrected chi connectivity index (χ4v) is 2.27. The van der Waals surface area contributed by atoms with Gasteiger partial charge in [0, 0.05) is 11.6 Å². The van der Waals surface area contributed by atoms with Gasteiger partial charge in [0.15, 0.2) is 4.77 Å². The molecule has 96 valence electrons. The Balaban J connectivity index is 2.25. The number of esters is 1. The number of nitrogens with zero attached hydrogens (tertiary/aromatic N) is 1. The second-order valence-electron chi connectivity index (χ2n) is 3.80. The molecule has 0 aliphatic heterocycles. The van der Waals surface area contributed by atoms with Crippen LogP contribution in [-0.2, 0) is 16.1 Å². The number of benzene rings is 1. The molecule has 2 aromatic rings. The fraction of sp³-hybridized carbons (Fsp3) is 0.333. The SMILES string of the molecule is CCOC(=O)CCn1c(=S)[nH]c2cc(Cl)ccc21. The highest BCUT2D eigenvalue weighted by molar-refractivity contribution is 7.71. The van der Waals surface area contributed by atoms with E-state index < -0.39 is 0 Å². The number of H-pyrrole nitrogens is 1. The Kier molecular flexibility index (Phi) is 4.04. The Morgan fingerprint density at radius 3 is 3.06 bits per heavy atom. The van der Waals surface area contributed by atoms with Crippen molar-refractivity contribution in [2.45, 2.75) is 19.9 Å². The lowest BCUT2D eigenvalue weighted by Crippen LogP contribution is -2.08. The lowest BCUT2D eigenvalue weighted by molar-refractivity contribution is -0.143. The fourth-order valence-electron chi connectivity index (χ4n) is 1.79. The molecule has 18 heavy (non-hydrogen) atoms. The molecule has 0 saturated carbocycles. The predicted octanol–water partition coefficient (Wildman–Crippen LogP) is 3.31. The van der Waals surface area contributed by atoms with Gasteiger partial charge in [-0.05, 0) is 37.3 Å². The van der Waals surface area contributed by atoms with E-state index in [9.17, 15) is 4.79 Å². The van der Waals surface area contributed by atoms with E-state index >= 15 is 0 Å². The van der Waals surface area contributed by atoms with Crippen molar-refractivity contribution in [3.05, 3.63) is 28.0 Å². The molecule has 0 amide bonds. The van der Waals surface area contributed by atoms with Crippen molar-refractivity contribution < 1.29 is 9.53 Å². The number of imidazole rings is 1. The van der Waals surface area contributed by atoms with Crippen molar-refractivity contribution in [1.29, 1.82) is 0 Å². The highest BCUT2D eigenvalue weighted by atomic mass is 35.5. The van der Waals surface area contributed by atoms with Crippen LogP contribution in [0, 0.1) is 4.77 Å². The molecule has 0 atom stereocenters. The third-order valence-electron chi connectivity index (χ3n) is 2.58. The van der Waals surface area contributed by atoms with Crippen LogP contribution in [0.4, 0.5) is 0 Å². The smallest absolute Gasteiger partial charge is 0.307 e. The lowest BCUT2D eigenvalue weighted by Gasteiger charge is -2.04. The summed E-state index contributed by atoms with van der Waals surface area (Å²) < 4.78 is 7.35. The van der Waals surface area contributed by atoms with Crippen LogP contribution in [0.25, 0.3) is 11.0 Å². The molecule has 4 nitrogen and oxygen atoms in total. The normalized spacial score (nSPS) is 10.8. The molecule has 0 aliphatic rings. The quantitative estimate of drug-likeness (QED) is 0.692. The summed E-state index contributed by atoms with van der Waals surface area (Å²) in [6.07, 6.45) is 0.303. The van der Waals surface area contributed by atoms with E-state index in [1.807, 2.05) is 16.7 Å². The first-order chi connectivity index (χ1) is 8.61. The van der Waals surface area contributed by atoms with Crippen LogP contribution in [-0.4, -0.2) is 22.1 Å². The van der Waals surface area contributed by atoms with Crippen LogP contribution < -0.4 is 0 Å². The molecule has 1 N–H and O–H groups in total. The molecular formula is C12H13ClN2O2S. The van der Waals surface area contributed by atoms with E-state index in [4.69, 9.17) is 28.6 Å². The molecule has 0 bridgehead atoms. The molecule has 1 aromatic heterocycles. The van der Waals surface area contributed by atoms with E-state index in [0.29, 0.717) is 29.4 Å². The van der Waals surface area contributed by atoms with Gasteiger partial charge in [0.05, 0.1) is 24.1 Å². The second-order valence-corrected chi connectivity index (χ2v) is 4.62. The van der Waals surface area contributed by atoms with Crippen molar-refractivity contribution in [3.63, 3.8) is 0 Å². The van der Waals surface area contributed by atoms with Gasteiger partial charge in [-0.15, -0.1) is 0 Å². The third-order valence-corrected chi connectivity index (χ3v) is 3.14. The second kappa shape index (κ2) is 5.54. The molecule has 0 saturated heterocycles. The maximum atomic E-state index is 11.3. The number of rotatable bonds is 4. The van der Waals surface area contributed by atoms with Crippen molar-refractivity contribution in [1.82, 2.24) is 9.55 Å². The predicted molar refractivity (Wildman–Crippen MR) is 73.4 cm³/mol. The number of fused-ring (bicyclic) bond motifs is 1. The van der Waals surface area contributed by atoms with Crippen molar-refractivity contribution in [3.8, 4) is 0 Å². The summed E-state index contributed by atoms with van der Waals surface area (Å²) >= 11 is 11.1. The van der Waals surface area contributed by atoms with Gasteiger partial charge in [-0.1, -0.05) is 11.6 Å². The largest absolute Gasteiger partial charge is 0.466 e. The molecule has 6 heteroatoms. The van der Waals surface area contributed by atoms with Crippen LogP contribution >= 0.6 is 23.8 Å². The number of carbonyl (C=O) groups is 1. The average molecular weight is 285 g/mol.